The number of rotatable bonds is 7. The van der Waals surface area contributed by atoms with Crippen molar-refractivity contribution in [3.8, 4) is 28.7 Å². The molecule has 0 radical (unpaired) electrons. The lowest BCUT2D eigenvalue weighted by atomic mass is 10.1. The zero-order valence-corrected chi connectivity index (χ0v) is 19.7. The summed E-state index contributed by atoms with van der Waals surface area (Å²) in [6, 6.07) is 5.77. The average molecular weight is 488 g/mol. The molecule has 1 heterocycles. The first-order chi connectivity index (χ1) is 16.1. The van der Waals surface area contributed by atoms with Crippen molar-refractivity contribution in [3.63, 3.8) is 0 Å². The van der Waals surface area contributed by atoms with Gasteiger partial charge < -0.3 is 23.7 Å². The third-order valence-electron chi connectivity index (χ3n) is 4.15. The number of nitrogens with zero attached hydrogens (tertiary/aromatic N) is 1. The fourth-order valence-electron chi connectivity index (χ4n) is 2.89. The summed E-state index contributed by atoms with van der Waals surface area (Å²) in [4.78, 5) is 52.0. The van der Waals surface area contributed by atoms with Crippen LogP contribution in [0.3, 0.4) is 0 Å². The first kappa shape index (κ1) is 24.5. The summed E-state index contributed by atoms with van der Waals surface area (Å²) in [5.41, 5.74) is 0.530. The maximum atomic E-state index is 13.0. The van der Waals surface area contributed by atoms with Gasteiger partial charge in [0.05, 0.1) is 24.4 Å². The molecule has 178 valence electrons. The Kier molecular flexibility index (Phi) is 7.31. The highest BCUT2D eigenvalue weighted by Gasteiger charge is 2.23. The Balaban J connectivity index is 2.00. The molecule has 0 spiro atoms. The maximum absolute atomic E-state index is 13.0. The maximum Gasteiger partial charge on any atom is 0.308 e. The van der Waals surface area contributed by atoms with Crippen LogP contribution >= 0.6 is 11.3 Å². The number of aromatic nitrogens is 1. The molecule has 0 aliphatic rings. The first-order valence-electron chi connectivity index (χ1n) is 9.68. The van der Waals surface area contributed by atoms with E-state index in [1.54, 1.807) is 12.1 Å². The van der Waals surface area contributed by atoms with Gasteiger partial charge in [0.15, 0.2) is 28.1 Å². The smallest absolute Gasteiger partial charge is 0.308 e. The number of amides is 1. The molecule has 12 heteroatoms. The summed E-state index contributed by atoms with van der Waals surface area (Å²) in [5, 5.41) is 2.91. The minimum Gasteiger partial charge on any atom is -0.493 e. The molecule has 1 N–H and O–H groups in total. The van der Waals surface area contributed by atoms with Crippen molar-refractivity contribution in [3.05, 3.63) is 29.8 Å². The topological polar surface area (TPSA) is 139 Å². The van der Waals surface area contributed by atoms with Gasteiger partial charge in [-0.05, 0) is 12.1 Å². The van der Waals surface area contributed by atoms with Crippen LogP contribution in [0.15, 0.2) is 24.3 Å². The van der Waals surface area contributed by atoms with E-state index in [0.29, 0.717) is 17.0 Å². The van der Waals surface area contributed by atoms with Crippen LogP contribution in [0.4, 0.5) is 5.13 Å². The molecule has 0 bridgehead atoms. The van der Waals surface area contributed by atoms with Crippen molar-refractivity contribution < 1.29 is 42.9 Å². The number of ether oxygens (including phenoxy) is 5. The quantitative estimate of drug-likeness (QED) is 0.389. The van der Waals surface area contributed by atoms with Crippen molar-refractivity contribution in [2.24, 2.45) is 0 Å². The molecule has 3 aromatic rings. The van der Waals surface area contributed by atoms with E-state index < -0.39 is 23.8 Å². The molecule has 1 aromatic heterocycles. The fraction of sp³-hybridized carbons (Fsp3) is 0.227. The van der Waals surface area contributed by atoms with Gasteiger partial charge in [-0.1, -0.05) is 11.3 Å². The number of anilines is 1. The molecule has 0 aliphatic heterocycles. The molecule has 0 aliphatic carbocycles. The first-order valence-corrected chi connectivity index (χ1v) is 10.5. The zero-order chi connectivity index (χ0) is 25.0. The van der Waals surface area contributed by atoms with E-state index in [9.17, 15) is 19.2 Å². The van der Waals surface area contributed by atoms with Crippen molar-refractivity contribution in [2.75, 3.05) is 19.5 Å². The Labute approximate surface area is 197 Å². The second kappa shape index (κ2) is 10.2. The number of fused-ring (bicyclic) bond motifs is 1. The number of nitrogens with one attached hydrogen (secondary N) is 1. The van der Waals surface area contributed by atoms with Gasteiger partial charge >= 0.3 is 17.9 Å². The third kappa shape index (κ3) is 5.59. The minimum absolute atomic E-state index is 0.0437. The van der Waals surface area contributed by atoms with Crippen LogP contribution in [-0.4, -0.2) is 43.0 Å². The minimum atomic E-state index is -0.751. The molecule has 0 saturated carbocycles. The highest BCUT2D eigenvalue weighted by atomic mass is 32.1. The number of hydrogen-bond donors (Lipinski definition) is 1. The van der Waals surface area contributed by atoms with Crippen LogP contribution in [0, 0.1) is 0 Å². The van der Waals surface area contributed by atoms with E-state index in [0.717, 1.165) is 25.5 Å². The lowest BCUT2D eigenvalue weighted by molar-refractivity contribution is -0.135. The molecular weight excluding hydrogens is 468 g/mol. The van der Waals surface area contributed by atoms with Crippen molar-refractivity contribution in [2.45, 2.75) is 20.8 Å². The van der Waals surface area contributed by atoms with Crippen LogP contribution in [0.2, 0.25) is 0 Å². The van der Waals surface area contributed by atoms with Gasteiger partial charge in [-0.15, -0.1) is 0 Å². The summed E-state index contributed by atoms with van der Waals surface area (Å²) in [7, 11) is 3.01. The standard InChI is InChI=1S/C22H20N2O9S/c1-10(25)31-17-6-13(7-18(32-11(2)26)20(17)33-12(3)27)21(28)24-22-23-14-8-15(29-4)16(30-5)9-19(14)34-22/h6-9H,1-5H3,(H,23,24,28). The second-order valence-electron chi connectivity index (χ2n) is 6.73. The monoisotopic (exact) mass is 488 g/mol. The third-order valence-corrected chi connectivity index (χ3v) is 5.08. The number of hydrogen-bond acceptors (Lipinski definition) is 11. The van der Waals surface area contributed by atoms with Crippen LogP contribution in [0.25, 0.3) is 10.2 Å². The van der Waals surface area contributed by atoms with Crippen LogP contribution in [-0.2, 0) is 14.4 Å². The van der Waals surface area contributed by atoms with Crippen molar-refractivity contribution >= 4 is 50.5 Å². The molecule has 34 heavy (non-hydrogen) atoms. The van der Waals surface area contributed by atoms with E-state index in [1.807, 2.05) is 0 Å². The zero-order valence-electron chi connectivity index (χ0n) is 18.8. The Morgan fingerprint density at radius 1 is 0.765 bits per heavy atom. The Morgan fingerprint density at radius 2 is 1.29 bits per heavy atom. The molecule has 11 nitrogen and oxygen atoms in total. The summed E-state index contributed by atoms with van der Waals surface area (Å²) in [5.74, 6) is -2.74. The number of carbonyl (C=O) groups is 4. The molecule has 2 aromatic carbocycles. The van der Waals surface area contributed by atoms with Crippen molar-refractivity contribution in [1.29, 1.82) is 0 Å². The van der Waals surface area contributed by atoms with Gasteiger partial charge in [-0.25, -0.2) is 4.98 Å². The van der Waals surface area contributed by atoms with Crippen molar-refractivity contribution in [1.82, 2.24) is 4.98 Å². The number of benzene rings is 2. The van der Waals surface area contributed by atoms with Gasteiger partial charge in [-0.2, -0.15) is 0 Å². The van der Waals surface area contributed by atoms with Gasteiger partial charge in [0.2, 0.25) is 5.75 Å². The van der Waals surface area contributed by atoms with E-state index in [2.05, 4.69) is 10.3 Å². The normalized spacial score (nSPS) is 10.4. The van der Waals surface area contributed by atoms with Crippen LogP contribution in [0.5, 0.6) is 28.7 Å². The number of methoxy groups -OCH3 is 2. The summed E-state index contributed by atoms with van der Waals surface area (Å²) in [6.07, 6.45) is 0. The lowest BCUT2D eigenvalue weighted by Crippen LogP contribution is -2.15. The lowest BCUT2D eigenvalue weighted by Gasteiger charge is -2.14. The molecule has 0 saturated heterocycles. The largest absolute Gasteiger partial charge is 0.493 e. The van der Waals surface area contributed by atoms with E-state index in [4.69, 9.17) is 23.7 Å². The molecule has 0 unspecified atom stereocenters. The number of carbonyl (C=O) groups excluding carboxylic acids is 4. The molecule has 1 amide bonds. The average Bonchev–Trinajstić information content (AvgIpc) is 3.14. The SMILES string of the molecule is COc1cc2nc(NC(=O)c3cc(OC(C)=O)c(OC(C)=O)c(OC(C)=O)c3)sc2cc1OC. The van der Waals surface area contributed by atoms with E-state index >= 15 is 0 Å². The van der Waals surface area contributed by atoms with E-state index in [1.165, 1.54) is 37.7 Å². The second-order valence-corrected chi connectivity index (χ2v) is 7.76. The van der Waals surface area contributed by atoms with Crippen LogP contribution < -0.4 is 29.0 Å². The highest BCUT2D eigenvalue weighted by molar-refractivity contribution is 7.22. The summed E-state index contributed by atoms with van der Waals surface area (Å²) >= 11 is 1.19. The highest BCUT2D eigenvalue weighted by Crippen LogP contribution is 2.40. The molecular formula is C22H20N2O9S. The predicted octanol–water partition coefficient (Wildman–Crippen LogP) is 3.34. The number of thiazole rings is 1. The Hall–Kier alpha value is -4.19. The molecule has 0 fully saturated rings. The van der Waals surface area contributed by atoms with Gasteiger partial charge in [0.25, 0.3) is 5.91 Å². The predicted molar refractivity (Wildman–Crippen MR) is 121 cm³/mol. The van der Waals surface area contributed by atoms with Crippen LogP contribution in [0.1, 0.15) is 31.1 Å². The summed E-state index contributed by atoms with van der Waals surface area (Å²) < 4.78 is 26.5. The van der Waals surface area contributed by atoms with Gasteiger partial charge in [0.1, 0.15) is 0 Å². The fourth-order valence-corrected chi connectivity index (χ4v) is 3.76. The molecule has 0 atom stereocenters. The summed E-state index contributed by atoms with van der Waals surface area (Å²) in [6.45, 7) is 3.37. The van der Waals surface area contributed by atoms with Gasteiger partial charge in [0, 0.05) is 38.5 Å². The van der Waals surface area contributed by atoms with E-state index in [-0.39, 0.29) is 27.9 Å². The number of esters is 3. The Morgan fingerprint density at radius 3 is 1.79 bits per heavy atom. The molecule has 3 rings (SSSR count). The Bertz CT molecular complexity index is 1220. The van der Waals surface area contributed by atoms with Gasteiger partial charge in [-0.3, -0.25) is 24.5 Å².